The molecule has 0 aliphatic carbocycles. The Labute approximate surface area is 192 Å². The highest BCUT2D eigenvalue weighted by Gasteiger charge is 2.42. The molecule has 0 radical (unpaired) electrons. The second-order valence-corrected chi connectivity index (χ2v) is 15.3. The Morgan fingerprint density at radius 1 is 0.906 bits per heavy atom. The van der Waals surface area contributed by atoms with Crippen molar-refractivity contribution in [2.75, 3.05) is 19.6 Å². The van der Waals surface area contributed by atoms with E-state index >= 15 is 0 Å². The molecule has 2 heterocycles. The van der Waals surface area contributed by atoms with Gasteiger partial charge in [-0.2, -0.15) is 0 Å². The van der Waals surface area contributed by atoms with Gasteiger partial charge in [-0.05, 0) is 47.8 Å². The maximum absolute atomic E-state index is 13.0. The number of nitrogens with zero attached hydrogens (tertiary/aromatic N) is 2. The number of hydrogen-bond donors (Lipinski definition) is 0. The van der Waals surface area contributed by atoms with Crippen LogP contribution in [0.25, 0.3) is 0 Å². The smallest absolute Gasteiger partial charge is 0.261 e. The lowest BCUT2D eigenvalue weighted by molar-refractivity contribution is 0.0486. The van der Waals surface area contributed by atoms with E-state index < -0.39 is 8.32 Å². The molecule has 2 aliphatic heterocycles. The minimum Gasteiger partial charge on any atom is -0.411 e. The Hall–Kier alpha value is -2.28. The molecule has 0 saturated heterocycles. The van der Waals surface area contributed by atoms with Gasteiger partial charge in [0, 0.05) is 19.6 Å². The summed E-state index contributed by atoms with van der Waals surface area (Å²) in [5, 5.41) is 0.0434. The molecule has 0 N–H and O–H groups in total. The number of benzene rings is 2. The van der Waals surface area contributed by atoms with Crippen LogP contribution in [-0.2, 0) is 17.4 Å². The minimum atomic E-state index is -2.10. The SMILES string of the molecule is CC(C)(C)[Si](C)(C)OC(CN1CCc2ccccc2C1)CN1C(=O)c2ccccc2C1=O. The number of rotatable bonds is 6. The van der Waals surface area contributed by atoms with Crippen LogP contribution in [0.5, 0.6) is 0 Å². The van der Waals surface area contributed by atoms with E-state index in [4.69, 9.17) is 4.43 Å². The lowest BCUT2D eigenvalue weighted by Gasteiger charge is -2.41. The summed E-state index contributed by atoms with van der Waals surface area (Å²) in [4.78, 5) is 29.8. The zero-order valence-electron chi connectivity index (χ0n) is 19.9. The van der Waals surface area contributed by atoms with Gasteiger partial charge < -0.3 is 4.43 Å². The van der Waals surface area contributed by atoms with Crippen molar-refractivity contribution in [2.24, 2.45) is 0 Å². The monoisotopic (exact) mass is 450 g/mol. The number of carbonyl (C=O) groups is 2. The zero-order valence-corrected chi connectivity index (χ0v) is 20.9. The maximum Gasteiger partial charge on any atom is 0.261 e. The molecule has 0 fully saturated rings. The van der Waals surface area contributed by atoms with Crippen LogP contribution in [0.15, 0.2) is 48.5 Å². The fourth-order valence-electron chi connectivity index (χ4n) is 4.33. The summed E-state index contributed by atoms with van der Waals surface area (Å²) in [6, 6.07) is 15.7. The summed E-state index contributed by atoms with van der Waals surface area (Å²) in [6.45, 7) is 13.9. The van der Waals surface area contributed by atoms with Crippen molar-refractivity contribution in [1.82, 2.24) is 9.80 Å². The van der Waals surface area contributed by atoms with Crippen LogP contribution in [-0.4, -0.2) is 55.7 Å². The molecule has 1 unspecified atom stereocenters. The Bertz CT molecular complexity index is 993. The van der Waals surface area contributed by atoms with Gasteiger partial charge in [-0.3, -0.25) is 19.4 Å². The van der Waals surface area contributed by atoms with Crippen molar-refractivity contribution in [3.05, 3.63) is 70.8 Å². The van der Waals surface area contributed by atoms with E-state index in [1.165, 1.54) is 16.0 Å². The van der Waals surface area contributed by atoms with Gasteiger partial charge in [-0.25, -0.2) is 0 Å². The first-order valence-corrected chi connectivity index (χ1v) is 14.4. The van der Waals surface area contributed by atoms with Gasteiger partial charge in [0.15, 0.2) is 8.32 Å². The van der Waals surface area contributed by atoms with Gasteiger partial charge in [0.2, 0.25) is 0 Å². The van der Waals surface area contributed by atoms with Crippen molar-refractivity contribution in [3.63, 3.8) is 0 Å². The molecule has 2 aromatic carbocycles. The number of carbonyl (C=O) groups excluding carboxylic acids is 2. The molecule has 6 heteroatoms. The van der Waals surface area contributed by atoms with Crippen LogP contribution in [0.1, 0.15) is 52.6 Å². The molecule has 0 bridgehead atoms. The van der Waals surface area contributed by atoms with Gasteiger partial charge in [0.1, 0.15) is 0 Å². The third-order valence-corrected chi connectivity index (χ3v) is 11.7. The van der Waals surface area contributed by atoms with E-state index in [0.717, 1.165) is 19.5 Å². The first kappa shape index (κ1) is 22.9. The summed E-state index contributed by atoms with van der Waals surface area (Å²) in [7, 11) is -2.10. The number of hydrogen-bond acceptors (Lipinski definition) is 4. The molecular weight excluding hydrogens is 416 g/mol. The number of amides is 2. The Morgan fingerprint density at radius 2 is 1.47 bits per heavy atom. The van der Waals surface area contributed by atoms with Crippen LogP contribution in [0.4, 0.5) is 0 Å². The lowest BCUT2D eigenvalue weighted by Crippen LogP contribution is -2.52. The van der Waals surface area contributed by atoms with E-state index in [-0.39, 0.29) is 29.5 Å². The summed E-state index contributed by atoms with van der Waals surface area (Å²) in [5.41, 5.74) is 3.75. The fourth-order valence-corrected chi connectivity index (χ4v) is 5.67. The average Bonchev–Trinajstić information content (AvgIpc) is 2.98. The average molecular weight is 451 g/mol. The van der Waals surface area contributed by atoms with Crippen LogP contribution < -0.4 is 0 Å². The van der Waals surface area contributed by atoms with Crippen LogP contribution >= 0.6 is 0 Å². The van der Waals surface area contributed by atoms with Crippen molar-refractivity contribution in [3.8, 4) is 0 Å². The van der Waals surface area contributed by atoms with Crippen LogP contribution in [0.3, 0.4) is 0 Å². The standard InChI is InChI=1S/C26H34N2O3Si/c1-26(2,3)32(4,5)31-21(17-27-15-14-19-10-6-7-11-20(19)16-27)18-28-24(29)22-12-8-9-13-23(22)25(28)30/h6-13,21H,14-18H2,1-5H3. The highest BCUT2D eigenvalue weighted by molar-refractivity contribution is 6.74. The van der Waals surface area contributed by atoms with Gasteiger partial charge in [-0.1, -0.05) is 57.2 Å². The Balaban J connectivity index is 1.55. The molecule has 5 nitrogen and oxygen atoms in total. The van der Waals surface area contributed by atoms with Crippen molar-refractivity contribution in [1.29, 1.82) is 0 Å². The Morgan fingerprint density at radius 3 is 2.06 bits per heavy atom. The maximum atomic E-state index is 13.0. The predicted octanol–water partition coefficient (Wildman–Crippen LogP) is 4.73. The summed E-state index contributed by atoms with van der Waals surface area (Å²) in [5.74, 6) is -0.420. The molecule has 2 amide bonds. The van der Waals surface area contributed by atoms with E-state index in [9.17, 15) is 9.59 Å². The summed E-state index contributed by atoms with van der Waals surface area (Å²) < 4.78 is 6.80. The highest BCUT2D eigenvalue weighted by atomic mass is 28.4. The minimum absolute atomic E-state index is 0.0434. The van der Waals surface area contributed by atoms with Crippen molar-refractivity contribution < 1.29 is 14.0 Å². The zero-order chi connectivity index (χ0) is 23.1. The highest BCUT2D eigenvalue weighted by Crippen LogP contribution is 2.38. The van der Waals surface area contributed by atoms with Gasteiger partial charge in [0.25, 0.3) is 11.8 Å². The first-order chi connectivity index (χ1) is 15.1. The van der Waals surface area contributed by atoms with Crippen molar-refractivity contribution >= 4 is 20.1 Å². The Kier molecular flexibility index (Phi) is 6.14. The molecule has 32 heavy (non-hydrogen) atoms. The van der Waals surface area contributed by atoms with E-state index in [2.05, 4.69) is 63.0 Å². The molecule has 0 aromatic heterocycles. The molecular formula is C26H34N2O3Si. The normalized spacial score (nSPS) is 18.0. The topological polar surface area (TPSA) is 49.9 Å². The van der Waals surface area contributed by atoms with Gasteiger partial charge in [0.05, 0.1) is 23.8 Å². The van der Waals surface area contributed by atoms with Crippen molar-refractivity contribution in [2.45, 2.75) is 58.0 Å². The quantitative estimate of drug-likeness (QED) is 0.472. The van der Waals surface area contributed by atoms with Gasteiger partial charge in [-0.15, -0.1) is 0 Å². The summed E-state index contributed by atoms with van der Waals surface area (Å²) in [6.07, 6.45) is 0.791. The van der Waals surface area contributed by atoms with Gasteiger partial charge >= 0.3 is 0 Å². The molecule has 2 aromatic rings. The van der Waals surface area contributed by atoms with Crippen LogP contribution in [0.2, 0.25) is 18.1 Å². The fraction of sp³-hybridized carbons (Fsp3) is 0.462. The molecule has 1 atom stereocenters. The van der Waals surface area contributed by atoms with E-state index in [1.54, 1.807) is 12.1 Å². The molecule has 0 saturated carbocycles. The van der Waals surface area contributed by atoms with E-state index in [1.807, 2.05) is 12.1 Å². The molecule has 0 spiro atoms. The third-order valence-electron chi connectivity index (χ3n) is 7.20. The predicted molar refractivity (Wildman–Crippen MR) is 129 cm³/mol. The van der Waals surface area contributed by atoms with Crippen LogP contribution in [0, 0.1) is 0 Å². The van der Waals surface area contributed by atoms with E-state index in [0.29, 0.717) is 17.7 Å². The second-order valence-electron chi connectivity index (χ2n) is 10.5. The largest absolute Gasteiger partial charge is 0.411 e. The third kappa shape index (κ3) is 4.44. The second kappa shape index (κ2) is 8.58. The lowest BCUT2D eigenvalue weighted by atomic mass is 10.00. The first-order valence-electron chi connectivity index (χ1n) is 11.5. The molecule has 4 rings (SSSR count). The molecule has 2 aliphatic rings. The number of imide groups is 1. The molecule has 170 valence electrons. The summed E-state index contributed by atoms with van der Waals surface area (Å²) >= 11 is 0. The number of fused-ring (bicyclic) bond motifs is 2.